The van der Waals surface area contributed by atoms with Crippen LogP contribution in [0.25, 0.3) is 10.9 Å². The van der Waals surface area contributed by atoms with Crippen molar-refractivity contribution in [3.8, 4) is 0 Å². The normalized spacial score (nSPS) is 15.5. The molecule has 10 heteroatoms. The number of rotatable bonds is 6. The maximum absolute atomic E-state index is 13.2. The van der Waals surface area contributed by atoms with E-state index < -0.39 is 26.8 Å². The molecule has 3 aromatic rings. The third kappa shape index (κ3) is 4.46. The van der Waals surface area contributed by atoms with Crippen molar-refractivity contribution in [2.75, 3.05) is 13.1 Å². The highest BCUT2D eigenvalue weighted by Crippen LogP contribution is 2.28. The lowest BCUT2D eigenvalue weighted by Crippen LogP contribution is -2.40. The Morgan fingerprint density at radius 1 is 1.09 bits per heavy atom. The Balaban J connectivity index is 1.37. The van der Waals surface area contributed by atoms with Gasteiger partial charge in [0, 0.05) is 36.8 Å². The van der Waals surface area contributed by atoms with E-state index in [4.69, 9.17) is 4.74 Å². The summed E-state index contributed by atoms with van der Waals surface area (Å²) in [7, 11) is -3.74. The van der Waals surface area contributed by atoms with Crippen LogP contribution in [0.4, 0.5) is 5.69 Å². The summed E-state index contributed by atoms with van der Waals surface area (Å²) in [6.45, 7) is 0.433. The number of pyridine rings is 1. The molecule has 0 unspecified atom stereocenters. The van der Waals surface area contributed by atoms with Crippen molar-refractivity contribution >= 4 is 32.6 Å². The standard InChI is InChI=1S/C22H21N3O6S/c26-22(31-15-16-6-8-19(9-7-16)25(27)28)18-10-13-24(14-11-18)32(29,30)20-5-1-3-17-4-2-12-23-21(17)20/h1-9,12,18H,10-11,13-15H2. The van der Waals surface area contributed by atoms with Crippen LogP contribution in [0.1, 0.15) is 18.4 Å². The quantitative estimate of drug-likeness (QED) is 0.318. The highest BCUT2D eigenvalue weighted by Gasteiger charge is 2.33. The van der Waals surface area contributed by atoms with Crippen molar-refractivity contribution in [3.05, 3.63) is 76.5 Å². The number of sulfonamides is 1. The van der Waals surface area contributed by atoms with Gasteiger partial charge in [0.25, 0.3) is 5.69 Å². The van der Waals surface area contributed by atoms with Gasteiger partial charge in [-0.1, -0.05) is 18.2 Å². The molecule has 1 aliphatic heterocycles. The molecule has 1 saturated heterocycles. The number of hydrogen-bond donors (Lipinski definition) is 0. The van der Waals surface area contributed by atoms with Gasteiger partial charge in [-0.2, -0.15) is 4.31 Å². The first-order valence-electron chi connectivity index (χ1n) is 10.1. The van der Waals surface area contributed by atoms with E-state index in [0.717, 1.165) is 5.39 Å². The van der Waals surface area contributed by atoms with Crippen LogP contribution in [-0.2, 0) is 26.2 Å². The number of carbonyl (C=O) groups is 1. The van der Waals surface area contributed by atoms with Crippen molar-refractivity contribution in [3.63, 3.8) is 0 Å². The van der Waals surface area contributed by atoms with Gasteiger partial charge >= 0.3 is 5.97 Å². The molecule has 9 nitrogen and oxygen atoms in total. The second kappa shape index (κ2) is 9.01. The summed E-state index contributed by atoms with van der Waals surface area (Å²) in [5.74, 6) is -0.794. The minimum absolute atomic E-state index is 0.0109. The molecule has 0 N–H and O–H groups in total. The first kappa shape index (κ1) is 21.8. The Hall–Kier alpha value is -3.37. The zero-order valence-electron chi connectivity index (χ0n) is 17.1. The number of non-ortho nitro benzene ring substituents is 1. The molecule has 0 saturated carbocycles. The number of ether oxygens (including phenoxy) is 1. The zero-order valence-corrected chi connectivity index (χ0v) is 17.9. The van der Waals surface area contributed by atoms with Crippen LogP contribution in [-0.4, -0.2) is 41.7 Å². The monoisotopic (exact) mass is 455 g/mol. The lowest BCUT2D eigenvalue weighted by atomic mass is 9.98. The van der Waals surface area contributed by atoms with E-state index in [9.17, 15) is 23.3 Å². The van der Waals surface area contributed by atoms with Crippen molar-refractivity contribution in [2.24, 2.45) is 5.92 Å². The minimum atomic E-state index is -3.74. The molecule has 0 spiro atoms. The Kier molecular flexibility index (Phi) is 6.15. The largest absolute Gasteiger partial charge is 0.461 e. The molecule has 0 bridgehead atoms. The summed E-state index contributed by atoms with van der Waals surface area (Å²) < 4.78 is 33.1. The van der Waals surface area contributed by atoms with Gasteiger partial charge in [0.05, 0.1) is 16.4 Å². The molecule has 4 rings (SSSR count). The van der Waals surface area contributed by atoms with Crippen LogP contribution in [0.5, 0.6) is 0 Å². The van der Waals surface area contributed by atoms with Crippen molar-refractivity contribution in [1.29, 1.82) is 0 Å². The van der Waals surface area contributed by atoms with E-state index >= 15 is 0 Å². The summed E-state index contributed by atoms with van der Waals surface area (Å²) in [4.78, 5) is 27.1. The van der Waals surface area contributed by atoms with E-state index in [2.05, 4.69) is 4.98 Å². The van der Waals surface area contributed by atoms with Gasteiger partial charge in [0.1, 0.15) is 11.5 Å². The van der Waals surface area contributed by atoms with Gasteiger partial charge in [0.15, 0.2) is 0 Å². The highest BCUT2D eigenvalue weighted by atomic mass is 32.2. The van der Waals surface area contributed by atoms with Crippen LogP contribution in [0.15, 0.2) is 65.7 Å². The van der Waals surface area contributed by atoms with E-state index in [1.807, 2.05) is 12.1 Å². The Morgan fingerprint density at radius 2 is 1.78 bits per heavy atom. The second-order valence-electron chi connectivity index (χ2n) is 7.54. The number of nitro groups is 1. The third-order valence-electron chi connectivity index (χ3n) is 5.53. The maximum atomic E-state index is 13.2. The van der Waals surface area contributed by atoms with Crippen LogP contribution < -0.4 is 0 Å². The molecule has 2 aromatic carbocycles. The smallest absolute Gasteiger partial charge is 0.309 e. The average Bonchev–Trinajstić information content (AvgIpc) is 2.82. The van der Waals surface area contributed by atoms with E-state index in [1.54, 1.807) is 36.5 Å². The summed E-state index contributed by atoms with van der Waals surface area (Å²) in [6.07, 6.45) is 2.28. The van der Waals surface area contributed by atoms with E-state index in [-0.39, 0.29) is 30.3 Å². The SMILES string of the molecule is O=C(OCc1ccc([N+](=O)[O-])cc1)C1CCN(S(=O)(=O)c2cccc3cccnc23)CC1. The molecule has 1 aromatic heterocycles. The fourth-order valence-corrected chi connectivity index (χ4v) is 5.38. The first-order chi connectivity index (χ1) is 15.4. The number of hydrogen-bond acceptors (Lipinski definition) is 7. The third-order valence-corrected chi connectivity index (χ3v) is 7.46. The fraction of sp³-hybridized carbons (Fsp3) is 0.273. The maximum Gasteiger partial charge on any atom is 0.309 e. The molecule has 1 fully saturated rings. The summed E-state index contributed by atoms with van der Waals surface area (Å²) >= 11 is 0. The average molecular weight is 455 g/mol. The van der Waals surface area contributed by atoms with Gasteiger partial charge in [-0.05, 0) is 42.7 Å². The number of esters is 1. The molecule has 166 valence electrons. The predicted molar refractivity (Wildman–Crippen MR) is 116 cm³/mol. The second-order valence-corrected chi connectivity index (χ2v) is 9.45. The van der Waals surface area contributed by atoms with Crippen LogP contribution in [0.2, 0.25) is 0 Å². The Bertz CT molecular complexity index is 1250. The molecule has 0 radical (unpaired) electrons. The topological polar surface area (TPSA) is 120 Å². The predicted octanol–water partition coefficient (Wildman–Crippen LogP) is 3.29. The number of carbonyl (C=O) groups excluding carboxylic acids is 1. The Morgan fingerprint density at radius 3 is 2.47 bits per heavy atom. The Labute approximate surface area is 184 Å². The van der Waals surface area contributed by atoms with Gasteiger partial charge in [-0.15, -0.1) is 0 Å². The van der Waals surface area contributed by atoms with Crippen molar-refractivity contribution in [1.82, 2.24) is 9.29 Å². The van der Waals surface area contributed by atoms with Crippen LogP contribution in [0, 0.1) is 16.0 Å². The molecule has 1 aliphatic rings. The molecule has 0 atom stereocenters. The van der Waals surface area contributed by atoms with Gasteiger partial charge < -0.3 is 4.74 Å². The molecule has 2 heterocycles. The molecule has 0 aliphatic carbocycles. The van der Waals surface area contributed by atoms with E-state index in [0.29, 0.717) is 23.9 Å². The number of benzene rings is 2. The van der Waals surface area contributed by atoms with Gasteiger partial charge in [-0.25, -0.2) is 8.42 Å². The molecule has 32 heavy (non-hydrogen) atoms. The van der Waals surface area contributed by atoms with E-state index in [1.165, 1.54) is 16.4 Å². The zero-order chi connectivity index (χ0) is 22.7. The van der Waals surface area contributed by atoms with Crippen molar-refractivity contribution in [2.45, 2.75) is 24.3 Å². The number of aromatic nitrogens is 1. The highest BCUT2D eigenvalue weighted by molar-refractivity contribution is 7.89. The molecule has 0 amide bonds. The fourth-order valence-electron chi connectivity index (χ4n) is 3.74. The number of nitro benzene ring substituents is 1. The molecular formula is C22H21N3O6S. The summed E-state index contributed by atoms with van der Waals surface area (Å²) in [6, 6.07) is 14.4. The number of fused-ring (bicyclic) bond motifs is 1. The number of para-hydroxylation sites is 1. The van der Waals surface area contributed by atoms with Crippen LogP contribution in [0.3, 0.4) is 0 Å². The van der Waals surface area contributed by atoms with Gasteiger partial charge in [-0.3, -0.25) is 19.9 Å². The number of nitrogens with zero attached hydrogens (tertiary/aromatic N) is 3. The van der Waals surface area contributed by atoms with Gasteiger partial charge in [0.2, 0.25) is 10.0 Å². The first-order valence-corrected chi connectivity index (χ1v) is 11.5. The van der Waals surface area contributed by atoms with Crippen LogP contribution >= 0.6 is 0 Å². The lowest BCUT2D eigenvalue weighted by molar-refractivity contribution is -0.384. The summed E-state index contributed by atoms with van der Waals surface area (Å²) in [5.41, 5.74) is 1.04. The molecular weight excluding hydrogens is 434 g/mol. The minimum Gasteiger partial charge on any atom is -0.461 e. The lowest BCUT2D eigenvalue weighted by Gasteiger charge is -2.30. The van der Waals surface area contributed by atoms with Crippen molar-refractivity contribution < 1.29 is 22.9 Å². The number of piperidine rings is 1. The summed E-state index contributed by atoms with van der Waals surface area (Å²) in [5, 5.41) is 11.5.